The van der Waals surface area contributed by atoms with Gasteiger partial charge in [-0.05, 0) is 36.4 Å². The molecule has 0 saturated heterocycles. The van der Waals surface area contributed by atoms with Gasteiger partial charge in [0.25, 0.3) is 0 Å². The molecule has 0 unspecified atom stereocenters. The standard InChI is InChI=1S/C20H16BrN5O6/c1-31-19(27)11-6-12(20(28)32-2)8-15(7-11)25-18-16(26(29)30)17(22-10-23-18)24-14-5-3-4-13(21)9-14/h3-10H,1-2H3,(H2,22,23,24,25). The van der Waals surface area contributed by atoms with E-state index in [0.29, 0.717) is 5.69 Å². The smallest absolute Gasteiger partial charge is 0.353 e. The van der Waals surface area contributed by atoms with Crippen LogP contribution in [0.25, 0.3) is 0 Å². The lowest BCUT2D eigenvalue weighted by molar-refractivity contribution is -0.383. The Labute approximate surface area is 190 Å². The van der Waals surface area contributed by atoms with Gasteiger partial charge in [-0.25, -0.2) is 19.6 Å². The molecule has 0 radical (unpaired) electrons. The Morgan fingerprint density at radius 3 is 2.00 bits per heavy atom. The van der Waals surface area contributed by atoms with Crippen LogP contribution in [0.1, 0.15) is 20.7 Å². The highest BCUT2D eigenvalue weighted by molar-refractivity contribution is 9.10. The maximum Gasteiger partial charge on any atom is 0.353 e. The van der Waals surface area contributed by atoms with Crippen molar-refractivity contribution < 1.29 is 24.0 Å². The third kappa shape index (κ3) is 5.16. The summed E-state index contributed by atoms with van der Waals surface area (Å²) in [4.78, 5) is 43.1. The van der Waals surface area contributed by atoms with Gasteiger partial charge in [0.05, 0.1) is 30.3 Å². The van der Waals surface area contributed by atoms with Crippen LogP contribution < -0.4 is 10.6 Å². The molecule has 2 N–H and O–H groups in total. The number of ether oxygens (including phenoxy) is 2. The maximum absolute atomic E-state index is 12.0. The number of methoxy groups -OCH3 is 2. The summed E-state index contributed by atoms with van der Waals surface area (Å²) in [6.07, 6.45) is 1.14. The van der Waals surface area contributed by atoms with Gasteiger partial charge in [-0.3, -0.25) is 10.1 Å². The lowest BCUT2D eigenvalue weighted by atomic mass is 10.1. The topological polar surface area (TPSA) is 146 Å². The number of nitro groups is 1. The number of hydrogen-bond donors (Lipinski definition) is 2. The van der Waals surface area contributed by atoms with Crippen molar-refractivity contribution in [3.8, 4) is 0 Å². The molecule has 0 fully saturated rings. The second-order valence-electron chi connectivity index (χ2n) is 6.22. The Bertz CT molecular complexity index is 1170. The number of nitrogens with one attached hydrogen (secondary N) is 2. The van der Waals surface area contributed by atoms with E-state index in [0.717, 1.165) is 10.8 Å². The van der Waals surface area contributed by atoms with Crippen molar-refractivity contribution in [3.05, 3.63) is 74.5 Å². The quantitative estimate of drug-likeness (QED) is 0.274. The van der Waals surface area contributed by atoms with Crippen molar-refractivity contribution >= 4 is 56.6 Å². The van der Waals surface area contributed by atoms with Crippen molar-refractivity contribution in [2.24, 2.45) is 0 Å². The zero-order valence-electron chi connectivity index (χ0n) is 16.8. The minimum atomic E-state index is -0.701. The SMILES string of the molecule is COC(=O)c1cc(Nc2ncnc(Nc3cccc(Br)c3)c2[N+](=O)[O-])cc(C(=O)OC)c1. The molecule has 32 heavy (non-hydrogen) atoms. The van der Waals surface area contributed by atoms with Gasteiger partial charge in [-0.2, -0.15) is 0 Å². The molecule has 0 atom stereocenters. The minimum absolute atomic E-state index is 0.0436. The van der Waals surface area contributed by atoms with E-state index < -0.39 is 22.5 Å². The van der Waals surface area contributed by atoms with Gasteiger partial charge in [0.1, 0.15) is 6.33 Å². The molecule has 11 nitrogen and oxygen atoms in total. The van der Waals surface area contributed by atoms with Gasteiger partial charge in [-0.15, -0.1) is 0 Å². The number of rotatable bonds is 7. The molecule has 12 heteroatoms. The van der Waals surface area contributed by atoms with E-state index >= 15 is 0 Å². The predicted molar refractivity (Wildman–Crippen MR) is 119 cm³/mol. The van der Waals surface area contributed by atoms with Crippen LogP contribution in [-0.2, 0) is 9.47 Å². The zero-order valence-corrected chi connectivity index (χ0v) is 18.4. The second-order valence-corrected chi connectivity index (χ2v) is 7.13. The Kier molecular flexibility index (Phi) is 6.95. The number of esters is 2. The number of anilines is 4. The lowest BCUT2D eigenvalue weighted by Gasteiger charge is -2.12. The van der Waals surface area contributed by atoms with Crippen molar-refractivity contribution in [1.82, 2.24) is 9.97 Å². The van der Waals surface area contributed by atoms with Crippen molar-refractivity contribution in [2.45, 2.75) is 0 Å². The molecular weight excluding hydrogens is 486 g/mol. The Morgan fingerprint density at radius 2 is 1.50 bits per heavy atom. The fraction of sp³-hybridized carbons (Fsp3) is 0.100. The van der Waals surface area contributed by atoms with Gasteiger partial charge in [0, 0.05) is 15.8 Å². The first kappa shape index (κ1) is 22.6. The number of carbonyl (C=O) groups excluding carboxylic acids is 2. The van der Waals surface area contributed by atoms with Gasteiger partial charge in [-0.1, -0.05) is 22.0 Å². The van der Waals surface area contributed by atoms with Crippen LogP contribution in [-0.4, -0.2) is 41.0 Å². The van der Waals surface area contributed by atoms with Gasteiger partial charge in [0.2, 0.25) is 11.6 Å². The normalized spacial score (nSPS) is 10.2. The summed E-state index contributed by atoms with van der Waals surface area (Å²) in [6, 6.07) is 11.0. The molecule has 3 aromatic rings. The summed E-state index contributed by atoms with van der Waals surface area (Å²) >= 11 is 3.34. The van der Waals surface area contributed by atoms with Crippen LogP contribution in [0.15, 0.2) is 53.3 Å². The summed E-state index contributed by atoms with van der Waals surface area (Å²) < 4.78 is 10.2. The Hall–Kier alpha value is -4.06. The van der Waals surface area contributed by atoms with E-state index in [1.807, 2.05) is 0 Å². The third-order valence-corrected chi connectivity index (χ3v) is 4.62. The summed E-state index contributed by atoms with van der Waals surface area (Å²) in [6.45, 7) is 0. The van der Waals surface area contributed by atoms with Crippen molar-refractivity contribution in [3.63, 3.8) is 0 Å². The third-order valence-electron chi connectivity index (χ3n) is 4.13. The van der Waals surface area contributed by atoms with E-state index in [4.69, 9.17) is 9.47 Å². The van der Waals surface area contributed by atoms with Crippen molar-refractivity contribution in [2.75, 3.05) is 24.9 Å². The fourth-order valence-electron chi connectivity index (χ4n) is 2.75. The predicted octanol–water partition coefficient (Wildman–Crippen LogP) is 4.21. The summed E-state index contributed by atoms with van der Waals surface area (Å²) in [5.41, 5.74) is 0.399. The maximum atomic E-state index is 12.0. The zero-order chi connectivity index (χ0) is 23.3. The molecule has 0 aliphatic carbocycles. The first-order chi connectivity index (χ1) is 15.3. The van der Waals surface area contributed by atoms with Crippen LogP contribution in [0.3, 0.4) is 0 Å². The van der Waals surface area contributed by atoms with E-state index in [9.17, 15) is 19.7 Å². The molecule has 0 bridgehead atoms. The number of carbonyl (C=O) groups is 2. The average molecular weight is 502 g/mol. The van der Waals surface area contributed by atoms with Gasteiger partial charge in [0.15, 0.2) is 0 Å². The van der Waals surface area contributed by atoms with Gasteiger partial charge >= 0.3 is 17.6 Å². The number of halogens is 1. The molecule has 0 aliphatic heterocycles. The fourth-order valence-corrected chi connectivity index (χ4v) is 3.14. The van der Waals surface area contributed by atoms with Gasteiger partial charge < -0.3 is 20.1 Å². The molecule has 2 aromatic carbocycles. The first-order valence-electron chi connectivity index (χ1n) is 8.93. The first-order valence-corrected chi connectivity index (χ1v) is 9.72. The van der Waals surface area contributed by atoms with Crippen LogP contribution in [0, 0.1) is 10.1 Å². The largest absolute Gasteiger partial charge is 0.465 e. The monoisotopic (exact) mass is 501 g/mol. The molecule has 0 aliphatic rings. The lowest BCUT2D eigenvalue weighted by Crippen LogP contribution is -2.09. The Balaban J connectivity index is 2.04. The van der Waals surface area contributed by atoms with E-state index in [-0.39, 0.29) is 28.5 Å². The molecule has 3 rings (SSSR count). The van der Waals surface area contributed by atoms with Crippen molar-refractivity contribution in [1.29, 1.82) is 0 Å². The Morgan fingerprint density at radius 1 is 0.938 bits per heavy atom. The van der Waals surface area contributed by atoms with Crippen LogP contribution in [0.4, 0.5) is 28.7 Å². The van der Waals surface area contributed by atoms with Crippen LogP contribution in [0.5, 0.6) is 0 Å². The highest BCUT2D eigenvalue weighted by atomic mass is 79.9. The number of aromatic nitrogens is 2. The summed E-state index contributed by atoms with van der Waals surface area (Å²) in [7, 11) is 2.38. The molecular formula is C20H16BrN5O6. The van der Waals surface area contributed by atoms with E-state index in [2.05, 4.69) is 36.5 Å². The molecule has 0 saturated carbocycles. The number of benzene rings is 2. The molecule has 164 valence electrons. The average Bonchev–Trinajstić information content (AvgIpc) is 2.77. The van der Waals surface area contributed by atoms with E-state index in [1.165, 1.54) is 32.4 Å². The molecule has 0 spiro atoms. The minimum Gasteiger partial charge on any atom is -0.465 e. The molecule has 1 heterocycles. The highest BCUT2D eigenvalue weighted by Gasteiger charge is 2.24. The second kappa shape index (κ2) is 9.83. The summed E-state index contributed by atoms with van der Waals surface area (Å²) in [5, 5.41) is 17.5. The number of hydrogen-bond acceptors (Lipinski definition) is 10. The number of nitrogens with zero attached hydrogens (tertiary/aromatic N) is 3. The highest BCUT2D eigenvalue weighted by Crippen LogP contribution is 2.34. The van der Waals surface area contributed by atoms with Crippen LogP contribution >= 0.6 is 15.9 Å². The molecule has 1 aromatic heterocycles. The van der Waals surface area contributed by atoms with Crippen LogP contribution in [0.2, 0.25) is 0 Å². The van der Waals surface area contributed by atoms with E-state index in [1.54, 1.807) is 24.3 Å². The molecule has 0 amide bonds. The summed E-state index contributed by atoms with van der Waals surface area (Å²) in [5.74, 6) is -1.61.